The van der Waals surface area contributed by atoms with Crippen molar-refractivity contribution in [2.45, 2.75) is 26.3 Å². The molecule has 0 amide bonds. The Hall–Kier alpha value is -1.44. The molecule has 0 radical (unpaired) electrons. The first-order valence-corrected chi connectivity index (χ1v) is 7.32. The Labute approximate surface area is 132 Å². The van der Waals surface area contributed by atoms with E-state index in [4.69, 9.17) is 28.3 Å². The van der Waals surface area contributed by atoms with E-state index in [1.807, 2.05) is 6.92 Å². The molecule has 0 aliphatic carbocycles. The summed E-state index contributed by atoms with van der Waals surface area (Å²) >= 11 is 11.9. The van der Waals surface area contributed by atoms with Gasteiger partial charge in [0, 0.05) is 12.6 Å². The molecule has 0 saturated carbocycles. The van der Waals surface area contributed by atoms with Crippen molar-refractivity contribution in [2.75, 3.05) is 23.8 Å². The van der Waals surface area contributed by atoms with Gasteiger partial charge in [-0.2, -0.15) is 9.97 Å². The molecule has 1 atom stereocenters. The number of hydrogen-bond acceptors (Lipinski definition) is 7. The molecule has 0 bridgehead atoms. The van der Waals surface area contributed by atoms with E-state index in [-0.39, 0.29) is 23.2 Å². The first-order valence-electron chi connectivity index (χ1n) is 6.57. The largest absolute Gasteiger partial charge is 0.394 e. The van der Waals surface area contributed by atoms with E-state index in [2.05, 4.69) is 30.6 Å². The molecule has 0 aliphatic heterocycles. The Morgan fingerprint density at radius 3 is 2.19 bits per heavy atom. The molecule has 21 heavy (non-hydrogen) atoms. The number of nitrogens with zero attached hydrogens (tertiary/aromatic N) is 4. The van der Waals surface area contributed by atoms with Gasteiger partial charge < -0.3 is 15.7 Å². The van der Waals surface area contributed by atoms with E-state index in [1.165, 1.54) is 0 Å². The van der Waals surface area contributed by atoms with E-state index in [0.29, 0.717) is 22.7 Å². The normalized spacial score (nSPS) is 12.4. The van der Waals surface area contributed by atoms with Crippen LogP contribution in [-0.2, 0) is 0 Å². The summed E-state index contributed by atoms with van der Waals surface area (Å²) in [5.41, 5.74) is 0.943. The van der Waals surface area contributed by atoms with Crippen LogP contribution in [0.1, 0.15) is 20.3 Å². The van der Waals surface area contributed by atoms with Crippen LogP contribution >= 0.6 is 23.2 Å². The van der Waals surface area contributed by atoms with Crippen molar-refractivity contribution in [1.82, 2.24) is 19.9 Å². The smallest absolute Gasteiger partial charge is 0.225 e. The van der Waals surface area contributed by atoms with Gasteiger partial charge >= 0.3 is 0 Å². The van der Waals surface area contributed by atoms with E-state index < -0.39 is 0 Å². The number of halogens is 2. The average Bonchev–Trinajstić information content (AvgIpc) is 2.45. The summed E-state index contributed by atoms with van der Waals surface area (Å²) in [4.78, 5) is 16.6. The summed E-state index contributed by atoms with van der Waals surface area (Å²) in [5, 5.41) is 15.5. The second-order valence-electron chi connectivity index (χ2n) is 4.53. The zero-order valence-electron chi connectivity index (χ0n) is 11.7. The van der Waals surface area contributed by atoms with Crippen molar-refractivity contribution >= 4 is 45.9 Å². The molecule has 0 aromatic carbocycles. The van der Waals surface area contributed by atoms with Crippen LogP contribution < -0.4 is 10.6 Å². The van der Waals surface area contributed by atoms with Crippen molar-refractivity contribution in [1.29, 1.82) is 0 Å². The molecule has 7 nitrogen and oxygen atoms in total. The van der Waals surface area contributed by atoms with Gasteiger partial charge in [-0.1, -0.05) is 6.92 Å². The van der Waals surface area contributed by atoms with Gasteiger partial charge in [-0.25, -0.2) is 9.97 Å². The van der Waals surface area contributed by atoms with E-state index >= 15 is 0 Å². The summed E-state index contributed by atoms with van der Waals surface area (Å²) in [6.45, 7) is 4.51. The van der Waals surface area contributed by atoms with Gasteiger partial charge in [-0.3, -0.25) is 0 Å². The predicted octanol–water partition coefficient (Wildman–Crippen LogP) is 2.34. The third kappa shape index (κ3) is 3.81. The van der Waals surface area contributed by atoms with Gasteiger partial charge in [0.05, 0.1) is 6.61 Å². The fourth-order valence-corrected chi connectivity index (χ4v) is 2.05. The Morgan fingerprint density at radius 2 is 1.62 bits per heavy atom. The zero-order chi connectivity index (χ0) is 15.4. The standard InChI is InChI=1S/C12H16Cl2N6O/c1-3-4-15-9-7-8(18-11(13)19-9)10(16-6(2)5-21)20-12(14)17-7/h6,21H,3-5H2,1-2H3,(H,15,18,19)(H,16,17,20). The topological polar surface area (TPSA) is 95.9 Å². The highest BCUT2D eigenvalue weighted by Gasteiger charge is 2.15. The van der Waals surface area contributed by atoms with Gasteiger partial charge in [0.25, 0.3) is 0 Å². The minimum Gasteiger partial charge on any atom is -0.394 e. The van der Waals surface area contributed by atoms with Crippen LogP contribution in [0.25, 0.3) is 11.0 Å². The highest BCUT2D eigenvalue weighted by Crippen LogP contribution is 2.27. The number of nitrogens with one attached hydrogen (secondary N) is 2. The van der Waals surface area contributed by atoms with Gasteiger partial charge in [-0.15, -0.1) is 0 Å². The van der Waals surface area contributed by atoms with Gasteiger partial charge in [0.1, 0.15) is 11.0 Å². The van der Waals surface area contributed by atoms with Crippen LogP contribution in [0, 0.1) is 0 Å². The second kappa shape index (κ2) is 7.02. The molecule has 0 aliphatic rings. The first kappa shape index (κ1) is 15.9. The maximum atomic E-state index is 9.15. The lowest BCUT2D eigenvalue weighted by Crippen LogP contribution is -2.21. The van der Waals surface area contributed by atoms with Gasteiger partial charge in [0.2, 0.25) is 10.6 Å². The van der Waals surface area contributed by atoms with Gasteiger partial charge in [0.15, 0.2) is 11.6 Å². The van der Waals surface area contributed by atoms with Crippen molar-refractivity contribution in [2.24, 2.45) is 0 Å². The van der Waals surface area contributed by atoms with Crippen molar-refractivity contribution < 1.29 is 5.11 Å². The number of aliphatic hydroxyl groups is 1. The molecule has 0 fully saturated rings. The number of hydrogen-bond donors (Lipinski definition) is 3. The molecule has 2 aromatic rings. The molecule has 2 heterocycles. The maximum absolute atomic E-state index is 9.15. The number of aromatic nitrogens is 4. The minimum absolute atomic E-state index is 0.0527. The SMILES string of the molecule is CCCNc1nc(Cl)nc2c(NC(C)CO)nc(Cl)nc12. The van der Waals surface area contributed by atoms with Crippen LogP contribution in [-0.4, -0.2) is 44.2 Å². The van der Waals surface area contributed by atoms with Crippen LogP contribution in [0.15, 0.2) is 0 Å². The molecule has 2 aromatic heterocycles. The highest BCUT2D eigenvalue weighted by atomic mass is 35.5. The molecule has 1 unspecified atom stereocenters. The van der Waals surface area contributed by atoms with Crippen LogP contribution in [0.3, 0.4) is 0 Å². The predicted molar refractivity (Wildman–Crippen MR) is 84.1 cm³/mol. The molecule has 9 heteroatoms. The van der Waals surface area contributed by atoms with Crippen molar-refractivity contribution in [3.63, 3.8) is 0 Å². The third-order valence-corrected chi connectivity index (χ3v) is 3.03. The first-order chi connectivity index (χ1) is 10.0. The Morgan fingerprint density at radius 1 is 1.05 bits per heavy atom. The molecule has 0 spiro atoms. The molecular weight excluding hydrogens is 315 g/mol. The second-order valence-corrected chi connectivity index (χ2v) is 5.21. The Bertz CT molecular complexity index is 639. The summed E-state index contributed by atoms with van der Waals surface area (Å²) in [6, 6.07) is -0.208. The van der Waals surface area contributed by atoms with Gasteiger partial charge in [-0.05, 0) is 36.5 Å². The van der Waals surface area contributed by atoms with Crippen LogP contribution in [0.2, 0.25) is 10.6 Å². The van der Waals surface area contributed by atoms with E-state index in [9.17, 15) is 0 Å². The zero-order valence-corrected chi connectivity index (χ0v) is 13.2. The minimum atomic E-state index is -0.208. The number of fused-ring (bicyclic) bond motifs is 1. The molecule has 3 N–H and O–H groups in total. The summed E-state index contributed by atoms with van der Waals surface area (Å²) in [6.07, 6.45) is 0.925. The lowest BCUT2D eigenvalue weighted by Gasteiger charge is -2.14. The quantitative estimate of drug-likeness (QED) is 0.699. The summed E-state index contributed by atoms with van der Waals surface area (Å²) in [7, 11) is 0. The molecular formula is C12H16Cl2N6O. The maximum Gasteiger partial charge on any atom is 0.225 e. The fourth-order valence-electron chi connectivity index (χ4n) is 1.71. The highest BCUT2D eigenvalue weighted by molar-refractivity contribution is 6.30. The van der Waals surface area contributed by atoms with Crippen molar-refractivity contribution in [3.05, 3.63) is 10.6 Å². The molecule has 114 valence electrons. The summed E-state index contributed by atoms with van der Waals surface area (Å²) in [5.74, 6) is 0.922. The monoisotopic (exact) mass is 330 g/mol. The third-order valence-electron chi connectivity index (χ3n) is 2.69. The Kier molecular flexibility index (Phi) is 5.33. The Balaban J connectivity index is 2.56. The van der Waals surface area contributed by atoms with E-state index in [1.54, 1.807) is 6.92 Å². The molecule has 2 rings (SSSR count). The van der Waals surface area contributed by atoms with Crippen LogP contribution in [0.5, 0.6) is 0 Å². The van der Waals surface area contributed by atoms with E-state index in [0.717, 1.165) is 13.0 Å². The molecule has 0 saturated heterocycles. The fraction of sp³-hybridized carbons (Fsp3) is 0.500. The van der Waals surface area contributed by atoms with Crippen LogP contribution in [0.4, 0.5) is 11.6 Å². The van der Waals surface area contributed by atoms with Crippen molar-refractivity contribution in [3.8, 4) is 0 Å². The summed E-state index contributed by atoms with van der Waals surface area (Å²) < 4.78 is 0. The lowest BCUT2D eigenvalue weighted by atomic mass is 10.3. The average molecular weight is 331 g/mol. The lowest BCUT2D eigenvalue weighted by molar-refractivity contribution is 0.281. The number of rotatable bonds is 6. The number of aliphatic hydroxyl groups excluding tert-OH is 1. The number of anilines is 2.